The van der Waals surface area contributed by atoms with Crippen LogP contribution in [0.15, 0.2) is 48.5 Å². The second-order valence-electron chi connectivity index (χ2n) is 6.95. The van der Waals surface area contributed by atoms with Crippen LogP contribution in [0.25, 0.3) is 0 Å². The van der Waals surface area contributed by atoms with E-state index in [2.05, 4.69) is 5.32 Å². The summed E-state index contributed by atoms with van der Waals surface area (Å²) in [6, 6.07) is 13.0. The van der Waals surface area contributed by atoms with Gasteiger partial charge in [-0.1, -0.05) is 19.1 Å². The van der Waals surface area contributed by atoms with Gasteiger partial charge in [0.05, 0.1) is 29.1 Å². The summed E-state index contributed by atoms with van der Waals surface area (Å²) in [5.41, 5.74) is 1.10. The van der Waals surface area contributed by atoms with Crippen molar-refractivity contribution in [3.05, 3.63) is 54.1 Å². The SMILES string of the molecule is CC(C)Oc1ccccc1NC(=O)c1ccc(N2C(=O)C(C)CS2(=O)=O)cc1. The zero-order valence-electron chi connectivity index (χ0n) is 15.9. The number of nitrogens with zero attached hydrogens (tertiary/aromatic N) is 1. The summed E-state index contributed by atoms with van der Waals surface area (Å²) >= 11 is 0. The largest absolute Gasteiger partial charge is 0.489 e. The molecule has 0 saturated carbocycles. The van der Waals surface area contributed by atoms with E-state index in [1.54, 1.807) is 25.1 Å². The van der Waals surface area contributed by atoms with E-state index in [4.69, 9.17) is 4.74 Å². The molecule has 0 aliphatic carbocycles. The highest BCUT2D eigenvalue weighted by atomic mass is 32.2. The molecule has 28 heavy (non-hydrogen) atoms. The predicted octanol–water partition coefficient (Wildman–Crippen LogP) is 3.04. The van der Waals surface area contributed by atoms with Gasteiger partial charge in [-0.3, -0.25) is 9.59 Å². The fraction of sp³-hybridized carbons (Fsp3) is 0.300. The normalized spacial score (nSPS) is 18.4. The minimum absolute atomic E-state index is 0.0420. The highest BCUT2D eigenvalue weighted by molar-refractivity contribution is 7.94. The number of carbonyl (C=O) groups excluding carboxylic acids is 2. The Morgan fingerprint density at radius 2 is 1.79 bits per heavy atom. The van der Waals surface area contributed by atoms with E-state index in [0.717, 1.165) is 4.31 Å². The Morgan fingerprint density at radius 1 is 1.14 bits per heavy atom. The second-order valence-corrected chi connectivity index (χ2v) is 8.81. The van der Waals surface area contributed by atoms with Crippen molar-refractivity contribution >= 4 is 33.2 Å². The molecule has 1 heterocycles. The molecule has 0 spiro atoms. The number of hydrogen-bond acceptors (Lipinski definition) is 5. The van der Waals surface area contributed by atoms with Crippen LogP contribution in [0.4, 0.5) is 11.4 Å². The van der Waals surface area contributed by atoms with E-state index in [1.165, 1.54) is 24.3 Å². The summed E-state index contributed by atoms with van der Waals surface area (Å²) < 4.78 is 30.9. The molecule has 2 aromatic carbocycles. The van der Waals surface area contributed by atoms with Crippen LogP contribution in [0.1, 0.15) is 31.1 Å². The molecule has 148 valence electrons. The Morgan fingerprint density at radius 3 is 2.36 bits per heavy atom. The maximum Gasteiger partial charge on any atom is 0.255 e. The molecular weight excluding hydrogens is 380 g/mol. The minimum atomic E-state index is -3.67. The van der Waals surface area contributed by atoms with Gasteiger partial charge in [-0.25, -0.2) is 12.7 Å². The van der Waals surface area contributed by atoms with Gasteiger partial charge in [0.2, 0.25) is 15.9 Å². The minimum Gasteiger partial charge on any atom is -0.489 e. The summed E-state index contributed by atoms with van der Waals surface area (Å²) in [5.74, 6) is -1.05. The molecule has 1 aliphatic heterocycles. The molecule has 0 aromatic heterocycles. The first-order valence-electron chi connectivity index (χ1n) is 8.93. The second kappa shape index (κ2) is 7.63. The average molecular weight is 402 g/mol. The number of hydrogen-bond donors (Lipinski definition) is 1. The summed E-state index contributed by atoms with van der Waals surface area (Å²) in [5, 5.41) is 2.79. The number of rotatable bonds is 5. The third-order valence-electron chi connectivity index (χ3n) is 4.22. The molecule has 1 unspecified atom stereocenters. The Balaban J connectivity index is 1.79. The molecule has 1 saturated heterocycles. The summed E-state index contributed by atoms with van der Waals surface area (Å²) in [7, 11) is -3.67. The Bertz CT molecular complexity index is 1000. The molecule has 7 nitrogen and oxygen atoms in total. The molecule has 8 heteroatoms. The van der Waals surface area contributed by atoms with Crippen molar-refractivity contribution < 1.29 is 22.7 Å². The van der Waals surface area contributed by atoms with E-state index in [9.17, 15) is 18.0 Å². The van der Waals surface area contributed by atoms with Gasteiger partial charge in [0.25, 0.3) is 5.91 Å². The van der Waals surface area contributed by atoms with Crippen molar-refractivity contribution in [1.82, 2.24) is 0 Å². The number of nitrogens with one attached hydrogen (secondary N) is 1. The van der Waals surface area contributed by atoms with Crippen molar-refractivity contribution in [1.29, 1.82) is 0 Å². The van der Waals surface area contributed by atoms with Crippen LogP contribution in [0.2, 0.25) is 0 Å². The van der Waals surface area contributed by atoms with Crippen LogP contribution in [0, 0.1) is 5.92 Å². The van der Waals surface area contributed by atoms with Gasteiger partial charge in [0.1, 0.15) is 5.75 Å². The maximum atomic E-state index is 12.6. The van der Waals surface area contributed by atoms with Gasteiger partial charge in [0, 0.05) is 5.56 Å². The van der Waals surface area contributed by atoms with E-state index in [-0.39, 0.29) is 23.5 Å². The molecular formula is C20H22N2O5S. The van der Waals surface area contributed by atoms with Crippen LogP contribution in [-0.2, 0) is 14.8 Å². The van der Waals surface area contributed by atoms with E-state index in [1.807, 2.05) is 19.9 Å². The van der Waals surface area contributed by atoms with Crippen LogP contribution >= 0.6 is 0 Å². The fourth-order valence-corrected chi connectivity index (χ4v) is 4.78. The number of carbonyl (C=O) groups is 2. The van der Waals surface area contributed by atoms with Crippen molar-refractivity contribution in [3.8, 4) is 5.75 Å². The number of ether oxygens (including phenoxy) is 1. The van der Waals surface area contributed by atoms with Crippen molar-refractivity contribution in [2.75, 3.05) is 15.4 Å². The maximum absolute atomic E-state index is 12.6. The molecule has 0 radical (unpaired) electrons. The summed E-state index contributed by atoms with van der Waals surface area (Å²) in [6.45, 7) is 5.37. The molecule has 3 rings (SSSR count). The zero-order chi connectivity index (χ0) is 20.5. The van der Waals surface area contributed by atoms with E-state index in [0.29, 0.717) is 17.0 Å². The average Bonchev–Trinajstić information content (AvgIpc) is 2.83. The lowest BCUT2D eigenvalue weighted by Gasteiger charge is -2.16. The number of amides is 2. The van der Waals surface area contributed by atoms with Crippen molar-refractivity contribution in [2.45, 2.75) is 26.9 Å². The fourth-order valence-electron chi connectivity index (χ4n) is 2.96. The number of anilines is 2. The van der Waals surface area contributed by atoms with Crippen molar-refractivity contribution in [2.24, 2.45) is 5.92 Å². The Hall–Kier alpha value is -2.87. The smallest absolute Gasteiger partial charge is 0.255 e. The molecule has 1 aliphatic rings. The predicted molar refractivity (Wildman–Crippen MR) is 107 cm³/mol. The number of sulfonamides is 1. The van der Waals surface area contributed by atoms with Gasteiger partial charge in [-0.05, 0) is 50.2 Å². The third kappa shape index (κ3) is 4.01. The van der Waals surface area contributed by atoms with E-state index >= 15 is 0 Å². The van der Waals surface area contributed by atoms with Crippen LogP contribution in [0.3, 0.4) is 0 Å². The Kier molecular flexibility index (Phi) is 5.42. The van der Waals surface area contributed by atoms with Gasteiger partial charge in [-0.2, -0.15) is 0 Å². The third-order valence-corrected chi connectivity index (χ3v) is 6.09. The lowest BCUT2D eigenvalue weighted by molar-refractivity contribution is -0.119. The van der Waals surface area contributed by atoms with Crippen LogP contribution in [0.5, 0.6) is 5.75 Å². The van der Waals surface area contributed by atoms with Gasteiger partial charge in [0.15, 0.2) is 0 Å². The highest BCUT2D eigenvalue weighted by Crippen LogP contribution is 2.29. The molecule has 2 aromatic rings. The standard InChI is InChI=1S/C20H22N2O5S/c1-13(2)27-18-7-5-4-6-17(18)21-19(23)15-8-10-16(11-9-15)22-20(24)14(3)12-28(22,25)26/h4-11,13-14H,12H2,1-3H3,(H,21,23). The Labute approximate surface area is 164 Å². The first-order chi connectivity index (χ1) is 13.2. The zero-order valence-corrected chi connectivity index (χ0v) is 16.7. The molecule has 1 fully saturated rings. The number of benzene rings is 2. The molecule has 2 amide bonds. The van der Waals surface area contributed by atoms with Crippen molar-refractivity contribution in [3.63, 3.8) is 0 Å². The summed E-state index contributed by atoms with van der Waals surface area (Å²) in [6.07, 6.45) is -0.0420. The van der Waals surface area contributed by atoms with Gasteiger partial charge < -0.3 is 10.1 Å². The van der Waals surface area contributed by atoms with Gasteiger partial charge >= 0.3 is 0 Å². The van der Waals surface area contributed by atoms with Crippen LogP contribution < -0.4 is 14.4 Å². The monoisotopic (exact) mass is 402 g/mol. The topological polar surface area (TPSA) is 92.8 Å². The molecule has 1 atom stereocenters. The highest BCUT2D eigenvalue weighted by Gasteiger charge is 2.41. The number of para-hydroxylation sites is 2. The molecule has 0 bridgehead atoms. The first-order valence-corrected chi connectivity index (χ1v) is 10.5. The quantitative estimate of drug-likeness (QED) is 0.830. The van der Waals surface area contributed by atoms with Crippen LogP contribution in [-0.4, -0.2) is 32.1 Å². The lowest BCUT2D eigenvalue weighted by atomic mass is 10.1. The lowest BCUT2D eigenvalue weighted by Crippen LogP contribution is -2.30. The van der Waals surface area contributed by atoms with E-state index < -0.39 is 21.8 Å². The van der Waals surface area contributed by atoms with Gasteiger partial charge in [-0.15, -0.1) is 0 Å². The first kappa shape index (κ1) is 19.9. The molecule has 1 N–H and O–H groups in total. The summed E-state index contributed by atoms with van der Waals surface area (Å²) in [4.78, 5) is 24.7.